The molecule has 0 bridgehead atoms. The lowest BCUT2D eigenvalue weighted by Crippen LogP contribution is -2.15. The van der Waals surface area contributed by atoms with Crippen molar-refractivity contribution < 1.29 is 35.8 Å². The van der Waals surface area contributed by atoms with E-state index in [2.05, 4.69) is 0 Å². The van der Waals surface area contributed by atoms with Gasteiger partial charge in [-0.1, -0.05) is 18.2 Å². The van der Waals surface area contributed by atoms with Gasteiger partial charge in [0.25, 0.3) is 0 Å². The van der Waals surface area contributed by atoms with Crippen LogP contribution in [0.5, 0.6) is 11.5 Å². The zero-order valence-electron chi connectivity index (χ0n) is 19.2. The Labute approximate surface area is 199 Å². The number of hydrogen-bond donors (Lipinski definition) is 0. The molecule has 0 aromatic heterocycles. The van der Waals surface area contributed by atoms with Gasteiger partial charge in [0.2, 0.25) is 11.6 Å². The second-order valence-electron chi connectivity index (χ2n) is 8.54. The molecule has 3 aromatic rings. The zero-order chi connectivity index (χ0) is 25.3. The molecule has 4 rings (SSSR count). The molecular weight excluding hydrogens is 470 g/mol. The van der Waals surface area contributed by atoms with Crippen LogP contribution >= 0.6 is 0 Å². The van der Waals surface area contributed by atoms with Crippen molar-refractivity contribution in [2.75, 3.05) is 13.7 Å². The Morgan fingerprint density at radius 1 is 0.600 bits per heavy atom. The third-order valence-corrected chi connectivity index (χ3v) is 6.65. The van der Waals surface area contributed by atoms with Crippen LogP contribution in [0.3, 0.4) is 0 Å². The quantitative estimate of drug-likeness (QED) is 0.323. The Morgan fingerprint density at radius 3 is 1.57 bits per heavy atom. The van der Waals surface area contributed by atoms with Crippen LogP contribution in [0.4, 0.5) is 26.3 Å². The highest BCUT2D eigenvalue weighted by molar-refractivity contribution is 5.66. The molecule has 1 saturated carbocycles. The van der Waals surface area contributed by atoms with E-state index in [9.17, 15) is 22.0 Å². The molecule has 186 valence electrons. The molecule has 1 aliphatic carbocycles. The highest BCUT2D eigenvalue weighted by Crippen LogP contribution is 2.44. The standard InChI is InChI=1S/C27H24F6O2/c1-3-35-21-13-11-19(25(31)27(21)33)18-9-8-16(22(28)24(18)30)14-4-6-15(7-5-14)17-10-12-20(34-2)26(32)23(17)29/h8-15H,3-7H2,1-2H3. The molecular formula is C27H24F6O2. The summed E-state index contributed by atoms with van der Waals surface area (Å²) in [7, 11) is 1.25. The number of benzene rings is 3. The predicted molar refractivity (Wildman–Crippen MR) is 120 cm³/mol. The third kappa shape index (κ3) is 4.58. The topological polar surface area (TPSA) is 18.5 Å². The van der Waals surface area contributed by atoms with Crippen LogP contribution in [-0.2, 0) is 0 Å². The van der Waals surface area contributed by atoms with Gasteiger partial charge in [0.15, 0.2) is 34.8 Å². The summed E-state index contributed by atoms with van der Waals surface area (Å²) in [4.78, 5) is 0. The minimum Gasteiger partial charge on any atom is -0.494 e. The van der Waals surface area contributed by atoms with E-state index in [-0.39, 0.29) is 41.1 Å². The first-order valence-electron chi connectivity index (χ1n) is 11.4. The van der Waals surface area contributed by atoms with Crippen molar-refractivity contribution in [3.63, 3.8) is 0 Å². The number of rotatable bonds is 6. The fourth-order valence-electron chi connectivity index (χ4n) is 4.83. The minimum absolute atomic E-state index is 0.121. The van der Waals surface area contributed by atoms with Crippen LogP contribution in [0.15, 0.2) is 36.4 Å². The Kier molecular flexibility index (Phi) is 7.28. The van der Waals surface area contributed by atoms with Gasteiger partial charge >= 0.3 is 0 Å². The van der Waals surface area contributed by atoms with E-state index in [1.54, 1.807) is 6.92 Å². The average Bonchev–Trinajstić information content (AvgIpc) is 2.86. The highest BCUT2D eigenvalue weighted by Gasteiger charge is 2.30. The van der Waals surface area contributed by atoms with Crippen molar-refractivity contribution in [3.05, 3.63) is 82.4 Å². The molecule has 1 fully saturated rings. The molecule has 0 atom stereocenters. The van der Waals surface area contributed by atoms with Gasteiger partial charge in [0, 0.05) is 11.1 Å². The highest BCUT2D eigenvalue weighted by atomic mass is 19.2. The first-order chi connectivity index (χ1) is 16.8. The number of hydrogen-bond acceptors (Lipinski definition) is 2. The third-order valence-electron chi connectivity index (χ3n) is 6.65. The lowest BCUT2D eigenvalue weighted by atomic mass is 9.75. The molecule has 0 spiro atoms. The van der Waals surface area contributed by atoms with Crippen molar-refractivity contribution >= 4 is 0 Å². The first kappa shape index (κ1) is 24.9. The number of ether oxygens (including phenoxy) is 2. The van der Waals surface area contributed by atoms with Crippen molar-refractivity contribution in [2.24, 2.45) is 0 Å². The Hall–Kier alpha value is -3.16. The summed E-state index contributed by atoms with van der Waals surface area (Å²) in [6, 6.07) is 7.79. The summed E-state index contributed by atoms with van der Waals surface area (Å²) in [5, 5.41) is 0. The summed E-state index contributed by atoms with van der Waals surface area (Å²) < 4.78 is 97.2. The van der Waals surface area contributed by atoms with Crippen LogP contribution in [0.1, 0.15) is 55.6 Å². The molecule has 2 nitrogen and oxygen atoms in total. The van der Waals surface area contributed by atoms with Gasteiger partial charge in [0.05, 0.1) is 13.7 Å². The maximum atomic E-state index is 15.0. The fourth-order valence-corrected chi connectivity index (χ4v) is 4.83. The molecule has 0 saturated heterocycles. The normalized spacial score (nSPS) is 17.9. The van der Waals surface area contributed by atoms with Crippen LogP contribution in [-0.4, -0.2) is 13.7 Å². The van der Waals surface area contributed by atoms with E-state index in [0.29, 0.717) is 25.7 Å². The van der Waals surface area contributed by atoms with Crippen molar-refractivity contribution in [3.8, 4) is 22.6 Å². The smallest absolute Gasteiger partial charge is 0.201 e. The average molecular weight is 494 g/mol. The van der Waals surface area contributed by atoms with E-state index in [0.717, 1.165) is 6.07 Å². The van der Waals surface area contributed by atoms with Crippen LogP contribution < -0.4 is 9.47 Å². The van der Waals surface area contributed by atoms with Crippen LogP contribution in [0.2, 0.25) is 0 Å². The Balaban J connectivity index is 1.55. The van der Waals surface area contributed by atoms with E-state index in [1.807, 2.05) is 0 Å². The molecule has 8 heteroatoms. The Bertz CT molecular complexity index is 1240. The molecule has 3 aromatic carbocycles. The molecule has 0 N–H and O–H groups in total. The van der Waals surface area contributed by atoms with Crippen molar-refractivity contribution in [1.82, 2.24) is 0 Å². The fraction of sp³-hybridized carbons (Fsp3) is 0.333. The summed E-state index contributed by atoms with van der Waals surface area (Å²) in [6.07, 6.45) is 1.77. The zero-order valence-corrected chi connectivity index (χ0v) is 19.2. The van der Waals surface area contributed by atoms with Crippen molar-refractivity contribution in [2.45, 2.75) is 44.4 Å². The molecule has 0 unspecified atom stereocenters. The summed E-state index contributed by atoms with van der Waals surface area (Å²) in [5.41, 5.74) is -0.445. The van der Waals surface area contributed by atoms with Gasteiger partial charge in [-0.25, -0.2) is 17.6 Å². The second-order valence-corrected chi connectivity index (χ2v) is 8.54. The molecule has 0 radical (unpaired) electrons. The van der Waals surface area contributed by atoms with Crippen LogP contribution in [0, 0.1) is 34.9 Å². The Morgan fingerprint density at radius 2 is 1.03 bits per heavy atom. The lowest BCUT2D eigenvalue weighted by molar-refractivity contribution is 0.314. The molecule has 0 aliphatic heterocycles. The largest absolute Gasteiger partial charge is 0.494 e. The molecule has 0 amide bonds. The predicted octanol–water partition coefficient (Wildman–Crippen LogP) is 8.04. The lowest BCUT2D eigenvalue weighted by Gasteiger charge is -2.30. The van der Waals surface area contributed by atoms with Gasteiger partial charge < -0.3 is 9.47 Å². The summed E-state index contributed by atoms with van der Waals surface area (Å²) >= 11 is 0. The second kappa shape index (κ2) is 10.2. The van der Waals surface area contributed by atoms with Gasteiger partial charge in [-0.2, -0.15) is 8.78 Å². The van der Waals surface area contributed by atoms with E-state index < -0.39 is 46.0 Å². The maximum absolute atomic E-state index is 15.0. The minimum atomic E-state index is -1.32. The van der Waals surface area contributed by atoms with E-state index >= 15 is 4.39 Å². The SMILES string of the molecule is CCOc1ccc(-c2ccc(C3CCC(c4ccc(OC)c(F)c4F)CC3)c(F)c2F)c(F)c1F. The van der Waals surface area contributed by atoms with Crippen LogP contribution in [0.25, 0.3) is 11.1 Å². The monoisotopic (exact) mass is 494 g/mol. The van der Waals surface area contributed by atoms with Gasteiger partial charge in [0.1, 0.15) is 0 Å². The number of halogens is 6. The van der Waals surface area contributed by atoms with Crippen molar-refractivity contribution in [1.29, 1.82) is 0 Å². The molecule has 35 heavy (non-hydrogen) atoms. The molecule has 1 aliphatic rings. The maximum Gasteiger partial charge on any atom is 0.201 e. The summed E-state index contributed by atoms with van der Waals surface area (Å²) in [5.74, 6) is -8.09. The van der Waals surface area contributed by atoms with E-state index in [1.165, 1.54) is 37.4 Å². The van der Waals surface area contributed by atoms with Gasteiger partial charge in [-0.15, -0.1) is 0 Å². The first-order valence-corrected chi connectivity index (χ1v) is 11.4. The molecule has 0 heterocycles. The van der Waals surface area contributed by atoms with Gasteiger partial charge in [-0.3, -0.25) is 0 Å². The number of methoxy groups -OCH3 is 1. The summed E-state index contributed by atoms with van der Waals surface area (Å²) in [6.45, 7) is 1.73. The van der Waals surface area contributed by atoms with E-state index in [4.69, 9.17) is 9.47 Å². The van der Waals surface area contributed by atoms with Gasteiger partial charge in [-0.05, 0) is 73.8 Å².